The van der Waals surface area contributed by atoms with Crippen molar-refractivity contribution in [2.24, 2.45) is 17.8 Å². The molecule has 0 aliphatic heterocycles. The number of rotatable bonds is 8. The number of hydrogen-bond acceptors (Lipinski definition) is 1. The van der Waals surface area contributed by atoms with E-state index in [0.717, 1.165) is 32.1 Å². The van der Waals surface area contributed by atoms with Gasteiger partial charge in [0, 0.05) is 11.1 Å². The van der Waals surface area contributed by atoms with E-state index in [-0.39, 0.29) is 23.5 Å². The molecule has 1 fully saturated rings. The molecule has 0 saturated heterocycles. The van der Waals surface area contributed by atoms with Gasteiger partial charge in [-0.15, -0.1) is 0 Å². The van der Waals surface area contributed by atoms with Gasteiger partial charge in [0.2, 0.25) is 5.82 Å². The Bertz CT molecular complexity index is 1010. The van der Waals surface area contributed by atoms with Crippen molar-refractivity contribution in [3.05, 3.63) is 64.7 Å². The van der Waals surface area contributed by atoms with Gasteiger partial charge >= 0.3 is 0 Å². The molecule has 2 aliphatic carbocycles. The topological polar surface area (TPSA) is 9.23 Å². The second kappa shape index (κ2) is 9.68. The molecule has 4 rings (SSSR count). The maximum absolute atomic E-state index is 14.9. The van der Waals surface area contributed by atoms with Gasteiger partial charge in [-0.3, -0.25) is 0 Å². The highest BCUT2D eigenvalue weighted by Gasteiger charge is 2.39. The summed E-state index contributed by atoms with van der Waals surface area (Å²) in [5.41, 5.74) is 1.29. The van der Waals surface area contributed by atoms with E-state index in [4.69, 9.17) is 4.74 Å². The molecule has 0 bridgehead atoms. The molecule has 0 radical (unpaired) electrons. The lowest BCUT2D eigenvalue weighted by Gasteiger charge is -2.20. The number of benzene rings is 2. The first-order chi connectivity index (χ1) is 15.5. The van der Waals surface area contributed by atoms with Crippen LogP contribution in [-0.2, 0) is 6.42 Å². The maximum atomic E-state index is 14.9. The van der Waals surface area contributed by atoms with Crippen molar-refractivity contribution in [3.8, 4) is 16.9 Å². The monoisotopic (exact) mass is 446 g/mol. The van der Waals surface area contributed by atoms with Crippen LogP contribution in [0, 0.1) is 41.0 Å². The quantitative estimate of drug-likeness (QED) is 0.295. The molecule has 0 N–H and O–H groups in total. The van der Waals surface area contributed by atoms with E-state index < -0.39 is 23.3 Å². The van der Waals surface area contributed by atoms with Gasteiger partial charge in [0.25, 0.3) is 0 Å². The average Bonchev–Trinajstić information content (AvgIpc) is 3.37. The van der Waals surface area contributed by atoms with Gasteiger partial charge in [-0.2, -0.15) is 4.39 Å². The Hall–Kier alpha value is -2.30. The zero-order valence-electron chi connectivity index (χ0n) is 18.7. The molecule has 172 valence electrons. The number of hydrogen-bond donors (Lipinski definition) is 0. The van der Waals surface area contributed by atoms with Crippen molar-refractivity contribution in [1.29, 1.82) is 0 Å². The summed E-state index contributed by atoms with van der Waals surface area (Å²) in [6.45, 7) is 4.03. The maximum Gasteiger partial charge on any atom is 0.201 e. The van der Waals surface area contributed by atoms with Gasteiger partial charge in [-0.25, -0.2) is 13.2 Å². The third-order valence-corrected chi connectivity index (χ3v) is 7.22. The normalized spacial score (nSPS) is 22.2. The van der Waals surface area contributed by atoms with Crippen LogP contribution in [0.1, 0.15) is 57.9 Å². The van der Waals surface area contributed by atoms with E-state index in [1.54, 1.807) is 12.5 Å². The molecule has 3 unspecified atom stereocenters. The standard InChI is InChI=1S/C27H30F4O/c1-3-5-16-8-11-20-17(9-12-19(16)20)6-7-18-10-13-21(25(29)24(18)28)22-14-15-23(32-4-2)27(31)26(22)30/h8,10,13-15,17,19-20H,3-7,9,11-12H2,1-2H3. The van der Waals surface area contributed by atoms with E-state index in [1.165, 1.54) is 30.7 Å². The number of allylic oxidation sites excluding steroid dienone is 2. The fourth-order valence-corrected chi connectivity index (χ4v) is 5.68. The number of ether oxygens (including phenoxy) is 1. The molecule has 0 heterocycles. The zero-order valence-corrected chi connectivity index (χ0v) is 18.7. The van der Waals surface area contributed by atoms with E-state index in [1.807, 2.05) is 0 Å². The van der Waals surface area contributed by atoms with Crippen molar-refractivity contribution in [2.75, 3.05) is 6.61 Å². The van der Waals surface area contributed by atoms with Crippen molar-refractivity contribution in [1.82, 2.24) is 0 Å². The van der Waals surface area contributed by atoms with E-state index >= 15 is 0 Å². The Morgan fingerprint density at radius 2 is 1.56 bits per heavy atom. The van der Waals surface area contributed by atoms with Crippen molar-refractivity contribution >= 4 is 0 Å². The summed E-state index contributed by atoms with van der Waals surface area (Å²) in [4.78, 5) is 0. The van der Waals surface area contributed by atoms with Crippen molar-refractivity contribution < 1.29 is 22.3 Å². The molecular weight excluding hydrogens is 416 g/mol. The van der Waals surface area contributed by atoms with Crippen LogP contribution in [0.5, 0.6) is 5.75 Å². The van der Waals surface area contributed by atoms with E-state index in [9.17, 15) is 17.6 Å². The van der Waals surface area contributed by atoms with Crippen LogP contribution in [0.4, 0.5) is 17.6 Å². The second-order valence-electron chi connectivity index (χ2n) is 8.98. The molecule has 0 spiro atoms. The summed E-state index contributed by atoms with van der Waals surface area (Å²) in [7, 11) is 0. The third-order valence-electron chi connectivity index (χ3n) is 7.22. The van der Waals surface area contributed by atoms with Crippen LogP contribution >= 0.6 is 0 Å². The summed E-state index contributed by atoms with van der Waals surface area (Å²) in [5, 5.41) is 0. The first kappa shape index (κ1) is 22.9. The number of halogens is 4. The molecular formula is C27H30F4O. The highest BCUT2D eigenvalue weighted by atomic mass is 19.2. The minimum atomic E-state index is -1.24. The minimum Gasteiger partial charge on any atom is -0.491 e. The largest absolute Gasteiger partial charge is 0.491 e. The second-order valence-corrected chi connectivity index (χ2v) is 8.98. The molecule has 0 aromatic heterocycles. The highest BCUT2D eigenvalue weighted by molar-refractivity contribution is 5.66. The molecule has 1 saturated carbocycles. The minimum absolute atomic E-state index is 0.173. The summed E-state index contributed by atoms with van der Waals surface area (Å²) in [5.74, 6) is -2.97. The Morgan fingerprint density at radius 3 is 2.28 bits per heavy atom. The summed E-state index contributed by atoms with van der Waals surface area (Å²) >= 11 is 0. The summed E-state index contributed by atoms with van der Waals surface area (Å²) in [6, 6.07) is 5.31. The van der Waals surface area contributed by atoms with Crippen LogP contribution in [0.3, 0.4) is 0 Å². The fraction of sp³-hybridized carbons (Fsp3) is 0.481. The molecule has 32 heavy (non-hydrogen) atoms. The summed E-state index contributed by atoms with van der Waals surface area (Å²) < 4.78 is 63.4. The average molecular weight is 447 g/mol. The van der Waals surface area contributed by atoms with Crippen LogP contribution in [0.2, 0.25) is 0 Å². The van der Waals surface area contributed by atoms with Crippen LogP contribution in [0.25, 0.3) is 11.1 Å². The molecule has 2 aromatic carbocycles. The van der Waals surface area contributed by atoms with Gasteiger partial charge < -0.3 is 4.74 Å². The van der Waals surface area contributed by atoms with Gasteiger partial charge in [-0.1, -0.05) is 37.1 Å². The first-order valence-electron chi connectivity index (χ1n) is 11.7. The highest BCUT2D eigenvalue weighted by Crippen LogP contribution is 2.50. The molecule has 0 amide bonds. The Kier molecular flexibility index (Phi) is 6.92. The van der Waals surface area contributed by atoms with Crippen LogP contribution in [0.15, 0.2) is 35.9 Å². The number of fused-ring (bicyclic) bond motifs is 1. The van der Waals surface area contributed by atoms with Crippen LogP contribution < -0.4 is 4.74 Å². The van der Waals surface area contributed by atoms with Gasteiger partial charge in [-0.05, 0) is 80.9 Å². The predicted molar refractivity (Wildman–Crippen MR) is 119 cm³/mol. The van der Waals surface area contributed by atoms with Crippen molar-refractivity contribution in [2.45, 2.75) is 58.8 Å². The van der Waals surface area contributed by atoms with Gasteiger partial charge in [0.1, 0.15) is 0 Å². The SMILES string of the molecule is CCCC1=CCC2C(CCc3ccc(-c4ccc(OCC)c(F)c4F)c(F)c3F)CCC12. The predicted octanol–water partition coefficient (Wildman–Crippen LogP) is 8.01. The Morgan fingerprint density at radius 1 is 0.844 bits per heavy atom. The lowest BCUT2D eigenvalue weighted by atomic mass is 9.85. The molecule has 2 aromatic rings. The Balaban J connectivity index is 1.48. The number of aryl methyl sites for hydroxylation is 1. The molecule has 3 atom stereocenters. The summed E-state index contributed by atoms with van der Waals surface area (Å²) in [6.07, 6.45) is 9.41. The van der Waals surface area contributed by atoms with E-state index in [0.29, 0.717) is 29.7 Å². The zero-order chi connectivity index (χ0) is 22.8. The Labute approximate surface area is 187 Å². The lowest BCUT2D eigenvalue weighted by Crippen LogP contribution is -2.13. The lowest BCUT2D eigenvalue weighted by molar-refractivity contribution is 0.314. The van der Waals surface area contributed by atoms with Gasteiger partial charge in [0.15, 0.2) is 23.2 Å². The van der Waals surface area contributed by atoms with Crippen LogP contribution in [-0.4, -0.2) is 6.61 Å². The smallest absolute Gasteiger partial charge is 0.201 e. The van der Waals surface area contributed by atoms with E-state index in [2.05, 4.69) is 13.0 Å². The third kappa shape index (κ3) is 4.18. The first-order valence-corrected chi connectivity index (χ1v) is 11.7. The molecule has 5 heteroatoms. The fourth-order valence-electron chi connectivity index (χ4n) is 5.68. The van der Waals surface area contributed by atoms with Gasteiger partial charge in [0.05, 0.1) is 6.61 Å². The molecule has 1 nitrogen and oxygen atoms in total. The molecule has 2 aliphatic rings. The van der Waals surface area contributed by atoms with Crippen molar-refractivity contribution in [3.63, 3.8) is 0 Å².